The lowest BCUT2D eigenvalue weighted by Gasteiger charge is -2.11. The molecule has 0 aliphatic heterocycles. The summed E-state index contributed by atoms with van der Waals surface area (Å²) in [6, 6.07) is 8.62. The summed E-state index contributed by atoms with van der Waals surface area (Å²) in [6.07, 6.45) is -2.99. The van der Waals surface area contributed by atoms with Crippen LogP contribution in [-0.4, -0.2) is 30.3 Å². The van der Waals surface area contributed by atoms with E-state index in [0.29, 0.717) is 22.3 Å². The van der Waals surface area contributed by atoms with Gasteiger partial charge in [-0.2, -0.15) is 23.4 Å². The van der Waals surface area contributed by atoms with E-state index in [-0.39, 0.29) is 23.6 Å². The van der Waals surface area contributed by atoms with Crippen LogP contribution in [0.25, 0.3) is 16.9 Å². The van der Waals surface area contributed by atoms with Crippen molar-refractivity contribution in [1.29, 1.82) is 0 Å². The van der Waals surface area contributed by atoms with Crippen molar-refractivity contribution in [3.63, 3.8) is 0 Å². The van der Waals surface area contributed by atoms with Gasteiger partial charge in [-0.05, 0) is 43.3 Å². The van der Waals surface area contributed by atoms with Gasteiger partial charge in [0.25, 0.3) is 5.91 Å². The van der Waals surface area contributed by atoms with Gasteiger partial charge in [-0.3, -0.25) is 9.48 Å². The molecule has 3 aromatic heterocycles. The number of carbonyl (C=O) groups excluding carboxylic acids is 1. The summed E-state index contributed by atoms with van der Waals surface area (Å²) in [7, 11) is 0. The summed E-state index contributed by atoms with van der Waals surface area (Å²) in [5, 5.41) is 10.6. The van der Waals surface area contributed by atoms with Crippen molar-refractivity contribution in [2.24, 2.45) is 0 Å². The zero-order valence-corrected chi connectivity index (χ0v) is 16.2. The molecule has 31 heavy (non-hydrogen) atoms. The molecule has 7 nitrogen and oxygen atoms in total. The van der Waals surface area contributed by atoms with Gasteiger partial charge in [-0.15, -0.1) is 0 Å². The van der Waals surface area contributed by atoms with Crippen LogP contribution in [0.4, 0.5) is 17.6 Å². The van der Waals surface area contributed by atoms with Crippen molar-refractivity contribution in [2.45, 2.75) is 26.2 Å². The van der Waals surface area contributed by atoms with E-state index in [4.69, 9.17) is 0 Å². The maximum Gasteiger partial charge on any atom is 0.433 e. The number of hydrogen-bond acceptors (Lipinski definition) is 4. The Morgan fingerprint density at radius 1 is 1.10 bits per heavy atom. The van der Waals surface area contributed by atoms with E-state index in [0.717, 1.165) is 18.2 Å². The number of fused-ring (bicyclic) bond motifs is 1. The monoisotopic (exact) mass is 432 g/mol. The van der Waals surface area contributed by atoms with Gasteiger partial charge in [0.05, 0.1) is 17.9 Å². The van der Waals surface area contributed by atoms with E-state index >= 15 is 0 Å². The molecule has 0 spiro atoms. The summed E-state index contributed by atoms with van der Waals surface area (Å²) < 4.78 is 56.3. The number of aromatic nitrogens is 5. The molecule has 4 aromatic rings. The molecule has 0 fully saturated rings. The molecule has 3 heterocycles. The Labute approximate surface area is 173 Å². The highest BCUT2D eigenvalue weighted by molar-refractivity contribution is 5.93. The molecule has 11 heteroatoms. The first kappa shape index (κ1) is 20.5. The lowest BCUT2D eigenvalue weighted by Crippen LogP contribution is -2.24. The number of hydrogen-bond donors (Lipinski definition) is 1. The average Bonchev–Trinajstić information content (AvgIpc) is 3.37. The zero-order valence-electron chi connectivity index (χ0n) is 16.2. The summed E-state index contributed by atoms with van der Waals surface area (Å²) in [4.78, 5) is 16.6. The van der Waals surface area contributed by atoms with Crippen molar-refractivity contribution >= 4 is 11.6 Å². The summed E-state index contributed by atoms with van der Waals surface area (Å²) >= 11 is 0. The number of amides is 1. The smallest absolute Gasteiger partial charge is 0.345 e. The molecule has 0 radical (unpaired) electrons. The van der Waals surface area contributed by atoms with E-state index in [1.165, 1.54) is 18.2 Å². The van der Waals surface area contributed by atoms with Crippen molar-refractivity contribution < 1.29 is 22.4 Å². The van der Waals surface area contributed by atoms with Crippen LogP contribution in [0, 0.1) is 5.82 Å². The average molecular weight is 432 g/mol. The maximum absolute atomic E-state index is 13.6. The number of rotatable bonds is 5. The molecule has 0 aliphatic rings. The quantitative estimate of drug-likeness (QED) is 0.488. The molecule has 0 saturated heterocycles. The fourth-order valence-corrected chi connectivity index (χ4v) is 2.99. The van der Waals surface area contributed by atoms with Gasteiger partial charge in [0.1, 0.15) is 5.82 Å². The van der Waals surface area contributed by atoms with Crippen LogP contribution in [0.2, 0.25) is 0 Å². The Hall–Kier alpha value is -3.76. The molecular weight excluding hydrogens is 416 g/mol. The minimum absolute atomic E-state index is 0.0169. The third-order valence-electron chi connectivity index (χ3n) is 4.54. The number of alkyl halides is 3. The van der Waals surface area contributed by atoms with E-state index in [1.807, 2.05) is 6.92 Å². The number of halogens is 4. The van der Waals surface area contributed by atoms with Gasteiger partial charge in [0.15, 0.2) is 17.0 Å². The van der Waals surface area contributed by atoms with Gasteiger partial charge in [-0.1, -0.05) is 0 Å². The van der Waals surface area contributed by atoms with Crippen LogP contribution in [0.3, 0.4) is 0 Å². The minimum Gasteiger partial charge on any atom is -0.345 e. The summed E-state index contributed by atoms with van der Waals surface area (Å²) in [5.74, 6) is -1.18. The standard InChI is InChI=1S/C20H16F4N6O/c1-2-29-8-7-14(27-29)11-25-19(31)16-10-18-26-15(12-3-5-13(21)6-4-12)9-17(20(22,23)24)30(18)28-16/h3-10H,2,11H2,1H3,(H,25,31). The Kier molecular flexibility index (Phi) is 5.17. The highest BCUT2D eigenvalue weighted by Crippen LogP contribution is 2.32. The van der Waals surface area contributed by atoms with Gasteiger partial charge in [0.2, 0.25) is 0 Å². The molecular formula is C20H16F4N6O. The van der Waals surface area contributed by atoms with E-state index in [2.05, 4.69) is 20.5 Å². The fourth-order valence-electron chi connectivity index (χ4n) is 2.99. The molecule has 1 amide bonds. The van der Waals surface area contributed by atoms with Crippen molar-refractivity contribution in [3.8, 4) is 11.3 Å². The molecule has 1 aromatic carbocycles. The van der Waals surface area contributed by atoms with Gasteiger partial charge in [-0.25, -0.2) is 13.9 Å². The summed E-state index contributed by atoms with van der Waals surface area (Å²) in [6.45, 7) is 2.68. The van der Waals surface area contributed by atoms with E-state index < -0.39 is 23.6 Å². The molecule has 4 rings (SSSR count). The third-order valence-corrected chi connectivity index (χ3v) is 4.54. The third kappa shape index (κ3) is 4.25. The predicted molar refractivity (Wildman–Crippen MR) is 102 cm³/mol. The van der Waals surface area contributed by atoms with Crippen LogP contribution in [0.5, 0.6) is 0 Å². The van der Waals surface area contributed by atoms with Crippen LogP contribution in [0.15, 0.2) is 48.7 Å². The van der Waals surface area contributed by atoms with Gasteiger partial charge in [0, 0.05) is 24.4 Å². The fraction of sp³-hybridized carbons (Fsp3) is 0.200. The van der Waals surface area contributed by atoms with Crippen LogP contribution in [-0.2, 0) is 19.3 Å². The number of aryl methyl sites for hydroxylation is 1. The molecule has 0 aliphatic carbocycles. The van der Waals surface area contributed by atoms with Crippen LogP contribution >= 0.6 is 0 Å². The molecule has 160 valence electrons. The molecule has 0 bridgehead atoms. The molecule has 1 N–H and O–H groups in total. The largest absolute Gasteiger partial charge is 0.433 e. The SMILES string of the molecule is CCn1ccc(CNC(=O)c2cc3nc(-c4ccc(F)cc4)cc(C(F)(F)F)n3n2)n1. The topological polar surface area (TPSA) is 77.1 Å². The second-order valence-electron chi connectivity index (χ2n) is 6.68. The van der Waals surface area contributed by atoms with E-state index in [9.17, 15) is 22.4 Å². The van der Waals surface area contributed by atoms with Crippen LogP contribution in [0.1, 0.15) is 28.8 Å². The Balaban J connectivity index is 1.67. The normalized spacial score (nSPS) is 11.8. The van der Waals surface area contributed by atoms with Gasteiger partial charge < -0.3 is 5.32 Å². The lowest BCUT2D eigenvalue weighted by molar-refractivity contribution is -0.142. The number of nitrogens with one attached hydrogen (secondary N) is 1. The first-order valence-electron chi connectivity index (χ1n) is 9.29. The maximum atomic E-state index is 13.6. The Morgan fingerprint density at radius 3 is 2.48 bits per heavy atom. The summed E-state index contributed by atoms with van der Waals surface area (Å²) in [5.41, 5.74) is -0.590. The van der Waals surface area contributed by atoms with E-state index in [1.54, 1.807) is 16.9 Å². The van der Waals surface area contributed by atoms with Gasteiger partial charge >= 0.3 is 6.18 Å². The van der Waals surface area contributed by atoms with Crippen LogP contribution < -0.4 is 5.32 Å². The highest BCUT2D eigenvalue weighted by atomic mass is 19.4. The molecule has 0 unspecified atom stereocenters. The highest BCUT2D eigenvalue weighted by Gasteiger charge is 2.35. The predicted octanol–water partition coefficient (Wildman–Crippen LogP) is 3.70. The van der Waals surface area contributed by atoms with Crippen molar-refractivity contribution in [3.05, 3.63) is 71.6 Å². The van der Waals surface area contributed by atoms with Crippen molar-refractivity contribution in [1.82, 2.24) is 29.7 Å². The zero-order chi connectivity index (χ0) is 22.2. The number of carbonyl (C=O) groups is 1. The lowest BCUT2D eigenvalue weighted by atomic mass is 10.1. The molecule has 0 saturated carbocycles. The Bertz CT molecular complexity index is 1240. The Morgan fingerprint density at radius 2 is 1.84 bits per heavy atom. The first-order valence-corrected chi connectivity index (χ1v) is 9.29. The number of benzene rings is 1. The minimum atomic E-state index is -4.75. The second kappa shape index (κ2) is 7.82. The molecule has 0 atom stereocenters. The van der Waals surface area contributed by atoms with Crippen molar-refractivity contribution in [2.75, 3.05) is 0 Å². The first-order chi connectivity index (χ1) is 14.7. The number of nitrogens with zero attached hydrogens (tertiary/aromatic N) is 5. The second-order valence-corrected chi connectivity index (χ2v) is 6.68.